The van der Waals surface area contributed by atoms with E-state index in [1.165, 1.54) is 5.69 Å². The number of imidazole rings is 1. The number of nitrogens with zero attached hydrogens (tertiary/aromatic N) is 2. The Morgan fingerprint density at radius 2 is 2.40 bits per heavy atom. The van der Waals surface area contributed by atoms with Crippen molar-refractivity contribution in [1.29, 1.82) is 0 Å². The third kappa shape index (κ3) is 1.58. The molecule has 0 radical (unpaired) electrons. The zero-order valence-corrected chi connectivity index (χ0v) is 8.72. The molecule has 0 aliphatic carbocycles. The maximum Gasteiger partial charge on any atom is 0.114 e. The molecule has 2 atom stereocenters. The minimum atomic E-state index is -0.201. The topological polar surface area (TPSA) is 47.3 Å². The summed E-state index contributed by atoms with van der Waals surface area (Å²) in [5.41, 5.74) is 1.27. The number of hydrogen-bond acceptors (Lipinski definition) is 3. The predicted molar refractivity (Wildman–Crippen MR) is 54.7 cm³/mol. The third-order valence-electron chi connectivity index (χ3n) is 3.39. The first-order chi connectivity index (χ1) is 7.34. The van der Waals surface area contributed by atoms with Crippen molar-refractivity contribution in [1.82, 2.24) is 9.55 Å². The van der Waals surface area contributed by atoms with Gasteiger partial charge in [-0.3, -0.25) is 0 Å². The van der Waals surface area contributed by atoms with Crippen molar-refractivity contribution in [2.45, 2.75) is 37.8 Å². The highest BCUT2D eigenvalue weighted by atomic mass is 16.5. The van der Waals surface area contributed by atoms with Gasteiger partial charge in [0.25, 0.3) is 0 Å². The fraction of sp³-hybridized carbons (Fsp3) is 0.727. The normalized spacial score (nSPS) is 30.5. The predicted octanol–water partition coefficient (Wildman–Crippen LogP) is 0.694. The maximum absolute atomic E-state index is 9.66. The largest absolute Gasteiger partial charge is 0.391 e. The molecule has 0 aromatic carbocycles. The first-order valence-electron chi connectivity index (χ1n) is 5.64. The van der Waals surface area contributed by atoms with Crippen LogP contribution >= 0.6 is 0 Å². The van der Waals surface area contributed by atoms with Crippen molar-refractivity contribution in [2.24, 2.45) is 0 Å². The molecule has 0 bridgehead atoms. The third-order valence-corrected chi connectivity index (χ3v) is 3.39. The van der Waals surface area contributed by atoms with Crippen molar-refractivity contribution < 1.29 is 9.84 Å². The van der Waals surface area contributed by atoms with E-state index in [1.54, 1.807) is 0 Å². The van der Waals surface area contributed by atoms with Gasteiger partial charge in [0, 0.05) is 24.4 Å². The number of hydrogen-bond donors (Lipinski definition) is 1. The van der Waals surface area contributed by atoms with Crippen LogP contribution in [0.5, 0.6) is 0 Å². The molecule has 4 nitrogen and oxygen atoms in total. The van der Waals surface area contributed by atoms with Crippen LogP contribution in [0.15, 0.2) is 6.20 Å². The molecule has 0 spiro atoms. The van der Waals surface area contributed by atoms with E-state index < -0.39 is 0 Å². The molecule has 1 fully saturated rings. The Labute approximate surface area is 88.9 Å². The number of fused-ring (bicyclic) bond motifs is 1. The standard InChI is InChI=1S/C11H16N2O2/c14-10-2-1-9-5-12-11(13(9)6-10)8-3-4-15-7-8/h5,8,10,14H,1-4,6-7H2. The highest BCUT2D eigenvalue weighted by Gasteiger charge is 2.26. The lowest BCUT2D eigenvalue weighted by atomic mass is 10.1. The molecule has 2 unspecified atom stereocenters. The lowest BCUT2D eigenvalue weighted by Crippen LogP contribution is -2.26. The van der Waals surface area contributed by atoms with E-state index >= 15 is 0 Å². The molecule has 15 heavy (non-hydrogen) atoms. The number of aliphatic hydroxyl groups excluding tert-OH is 1. The van der Waals surface area contributed by atoms with E-state index in [2.05, 4.69) is 9.55 Å². The Morgan fingerprint density at radius 3 is 3.20 bits per heavy atom. The summed E-state index contributed by atoms with van der Waals surface area (Å²) in [6.07, 6.45) is 4.63. The van der Waals surface area contributed by atoms with Gasteiger partial charge in [-0.05, 0) is 19.3 Å². The Hall–Kier alpha value is -0.870. The van der Waals surface area contributed by atoms with Gasteiger partial charge in [0.1, 0.15) is 5.82 Å². The average molecular weight is 208 g/mol. The van der Waals surface area contributed by atoms with Crippen LogP contribution < -0.4 is 0 Å². The second-order valence-corrected chi connectivity index (χ2v) is 4.47. The van der Waals surface area contributed by atoms with Crippen molar-refractivity contribution in [3.8, 4) is 0 Å². The molecule has 1 N–H and O–H groups in total. The van der Waals surface area contributed by atoms with Crippen LogP contribution in [0, 0.1) is 0 Å². The fourth-order valence-corrected chi connectivity index (χ4v) is 2.52. The number of ether oxygens (including phenoxy) is 1. The second-order valence-electron chi connectivity index (χ2n) is 4.47. The van der Waals surface area contributed by atoms with E-state index in [0.717, 1.165) is 38.3 Å². The van der Waals surface area contributed by atoms with Gasteiger partial charge in [-0.1, -0.05) is 0 Å². The monoisotopic (exact) mass is 208 g/mol. The van der Waals surface area contributed by atoms with Crippen LogP contribution in [0.25, 0.3) is 0 Å². The van der Waals surface area contributed by atoms with Crippen LogP contribution in [0.1, 0.15) is 30.3 Å². The summed E-state index contributed by atoms with van der Waals surface area (Å²) in [7, 11) is 0. The molecular weight excluding hydrogens is 192 g/mol. The Bertz CT molecular complexity index is 355. The zero-order chi connectivity index (χ0) is 10.3. The van der Waals surface area contributed by atoms with Crippen molar-refractivity contribution in [2.75, 3.05) is 13.2 Å². The number of rotatable bonds is 1. The lowest BCUT2D eigenvalue weighted by Gasteiger charge is -2.22. The van der Waals surface area contributed by atoms with Gasteiger partial charge in [-0.25, -0.2) is 4.98 Å². The van der Waals surface area contributed by atoms with E-state index in [0.29, 0.717) is 12.5 Å². The van der Waals surface area contributed by atoms with Gasteiger partial charge in [-0.15, -0.1) is 0 Å². The minimum Gasteiger partial charge on any atom is -0.391 e. The first kappa shape index (κ1) is 9.36. The van der Waals surface area contributed by atoms with Gasteiger partial charge in [0.05, 0.1) is 19.3 Å². The van der Waals surface area contributed by atoms with Crippen molar-refractivity contribution >= 4 is 0 Å². The Morgan fingerprint density at radius 1 is 1.47 bits per heavy atom. The second kappa shape index (κ2) is 3.61. The molecule has 3 heterocycles. The Balaban J connectivity index is 1.92. The van der Waals surface area contributed by atoms with Crippen LogP contribution in [0.2, 0.25) is 0 Å². The number of aromatic nitrogens is 2. The summed E-state index contributed by atoms with van der Waals surface area (Å²) in [5, 5.41) is 9.66. The van der Waals surface area contributed by atoms with Crippen molar-refractivity contribution in [3.05, 3.63) is 17.7 Å². The quantitative estimate of drug-likeness (QED) is 0.738. The fourth-order valence-electron chi connectivity index (χ4n) is 2.52. The highest BCUT2D eigenvalue weighted by molar-refractivity contribution is 5.13. The van der Waals surface area contributed by atoms with E-state index in [4.69, 9.17) is 4.74 Å². The molecule has 1 saturated heterocycles. The van der Waals surface area contributed by atoms with Crippen LogP contribution in [0.4, 0.5) is 0 Å². The minimum absolute atomic E-state index is 0.201. The maximum atomic E-state index is 9.66. The van der Waals surface area contributed by atoms with Gasteiger partial charge >= 0.3 is 0 Å². The molecule has 1 aromatic heterocycles. The summed E-state index contributed by atoms with van der Waals surface area (Å²) in [5.74, 6) is 1.55. The average Bonchev–Trinajstić information content (AvgIpc) is 2.83. The molecule has 4 heteroatoms. The van der Waals surface area contributed by atoms with Gasteiger partial charge in [0.15, 0.2) is 0 Å². The molecule has 0 amide bonds. The Kier molecular flexibility index (Phi) is 2.25. The summed E-state index contributed by atoms with van der Waals surface area (Å²) < 4.78 is 7.57. The molecule has 1 aromatic rings. The molecule has 3 rings (SSSR count). The van der Waals surface area contributed by atoms with Crippen LogP contribution in [0.3, 0.4) is 0 Å². The van der Waals surface area contributed by atoms with Crippen molar-refractivity contribution in [3.63, 3.8) is 0 Å². The zero-order valence-electron chi connectivity index (χ0n) is 8.72. The van der Waals surface area contributed by atoms with Gasteiger partial charge in [0.2, 0.25) is 0 Å². The lowest BCUT2D eigenvalue weighted by molar-refractivity contribution is 0.129. The highest BCUT2D eigenvalue weighted by Crippen LogP contribution is 2.27. The summed E-state index contributed by atoms with van der Waals surface area (Å²) in [6, 6.07) is 0. The molecular formula is C11H16N2O2. The SMILES string of the molecule is OC1CCc2cnc(C3CCOC3)n2C1. The van der Waals surface area contributed by atoms with Gasteiger partial charge < -0.3 is 14.4 Å². The van der Waals surface area contributed by atoms with E-state index in [1.807, 2.05) is 6.20 Å². The molecule has 82 valence electrons. The summed E-state index contributed by atoms with van der Waals surface area (Å²) in [6.45, 7) is 2.34. The summed E-state index contributed by atoms with van der Waals surface area (Å²) >= 11 is 0. The number of aryl methyl sites for hydroxylation is 1. The smallest absolute Gasteiger partial charge is 0.114 e. The van der Waals surface area contributed by atoms with Crippen LogP contribution in [-0.4, -0.2) is 34.0 Å². The van der Waals surface area contributed by atoms with E-state index in [-0.39, 0.29) is 6.10 Å². The summed E-state index contributed by atoms with van der Waals surface area (Å²) in [4.78, 5) is 4.49. The van der Waals surface area contributed by atoms with Crippen LogP contribution in [-0.2, 0) is 17.7 Å². The number of aliphatic hydroxyl groups is 1. The molecule has 0 saturated carbocycles. The molecule has 2 aliphatic rings. The molecule has 2 aliphatic heterocycles. The van der Waals surface area contributed by atoms with E-state index in [9.17, 15) is 5.11 Å². The first-order valence-corrected chi connectivity index (χ1v) is 5.64. The van der Waals surface area contributed by atoms with Gasteiger partial charge in [-0.2, -0.15) is 0 Å².